The minimum absolute atomic E-state index is 0.0522. The number of hydrogen-bond donors (Lipinski definition) is 1. The summed E-state index contributed by atoms with van der Waals surface area (Å²) in [6.45, 7) is 5.92. The lowest BCUT2D eigenvalue weighted by atomic mass is 9.97. The van der Waals surface area contributed by atoms with Crippen molar-refractivity contribution in [3.8, 4) is 11.1 Å². The van der Waals surface area contributed by atoms with Gasteiger partial charge in [0, 0.05) is 23.6 Å². The number of sulfone groups is 1. The topological polar surface area (TPSA) is 89.5 Å². The Labute approximate surface area is 169 Å². The van der Waals surface area contributed by atoms with Crippen LogP contribution in [0.3, 0.4) is 0 Å². The minimum atomic E-state index is -3.11. The van der Waals surface area contributed by atoms with Gasteiger partial charge in [-0.25, -0.2) is 13.2 Å². The molecule has 28 heavy (non-hydrogen) atoms. The molecule has 0 spiro atoms. The molecule has 0 fully saturated rings. The van der Waals surface area contributed by atoms with E-state index in [1.165, 1.54) is 11.3 Å². The lowest BCUT2D eigenvalue weighted by Crippen LogP contribution is -2.15. The molecule has 2 aromatic rings. The number of benzene rings is 1. The van der Waals surface area contributed by atoms with Crippen LogP contribution >= 0.6 is 11.3 Å². The number of hydrogen-bond acceptors (Lipinski definition) is 6. The predicted octanol–water partition coefficient (Wildman–Crippen LogP) is 3.97. The molecular formula is C20H25NO5S2. The van der Waals surface area contributed by atoms with Gasteiger partial charge >= 0.3 is 5.97 Å². The van der Waals surface area contributed by atoms with Crippen LogP contribution in [0, 0.1) is 13.8 Å². The number of carbonyl (C=O) groups is 2. The summed E-state index contributed by atoms with van der Waals surface area (Å²) in [5.74, 6) is -0.878. The second-order valence-corrected chi connectivity index (χ2v) is 9.81. The summed E-state index contributed by atoms with van der Waals surface area (Å²) in [5.41, 5.74) is 4.09. The predicted molar refractivity (Wildman–Crippen MR) is 113 cm³/mol. The van der Waals surface area contributed by atoms with Crippen molar-refractivity contribution in [3.63, 3.8) is 0 Å². The van der Waals surface area contributed by atoms with Crippen LogP contribution in [0.4, 0.5) is 5.00 Å². The Bertz CT molecular complexity index is 976. The molecule has 2 rings (SSSR count). The van der Waals surface area contributed by atoms with E-state index in [1.807, 2.05) is 37.4 Å². The van der Waals surface area contributed by atoms with Crippen LogP contribution in [0.2, 0.25) is 0 Å². The molecule has 1 amide bonds. The van der Waals surface area contributed by atoms with Gasteiger partial charge in [0.25, 0.3) is 0 Å². The first-order chi connectivity index (χ1) is 13.1. The molecule has 1 aromatic carbocycles. The monoisotopic (exact) mass is 423 g/mol. The fourth-order valence-electron chi connectivity index (χ4n) is 2.85. The zero-order valence-electron chi connectivity index (χ0n) is 16.5. The van der Waals surface area contributed by atoms with Crippen molar-refractivity contribution in [2.45, 2.75) is 33.6 Å². The van der Waals surface area contributed by atoms with E-state index in [-0.39, 0.29) is 31.1 Å². The van der Waals surface area contributed by atoms with Crippen LogP contribution in [0.5, 0.6) is 0 Å². The Morgan fingerprint density at radius 2 is 1.89 bits per heavy atom. The van der Waals surface area contributed by atoms with Crippen LogP contribution in [0.1, 0.15) is 41.3 Å². The molecule has 152 valence electrons. The maximum Gasteiger partial charge on any atom is 0.341 e. The second-order valence-electron chi connectivity index (χ2n) is 6.67. The summed E-state index contributed by atoms with van der Waals surface area (Å²) >= 11 is 1.25. The van der Waals surface area contributed by atoms with Gasteiger partial charge in [-0.15, -0.1) is 11.3 Å². The van der Waals surface area contributed by atoms with Gasteiger partial charge in [0.15, 0.2) is 0 Å². The number of aryl methyl sites for hydroxylation is 2. The maximum atomic E-state index is 12.6. The zero-order chi connectivity index (χ0) is 20.9. The van der Waals surface area contributed by atoms with Crippen LogP contribution in [0.15, 0.2) is 23.6 Å². The lowest BCUT2D eigenvalue weighted by Gasteiger charge is -2.11. The third-order valence-corrected chi connectivity index (χ3v) is 6.04. The van der Waals surface area contributed by atoms with Crippen molar-refractivity contribution in [3.05, 3.63) is 40.3 Å². The van der Waals surface area contributed by atoms with Gasteiger partial charge in [0.05, 0.1) is 12.4 Å². The van der Waals surface area contributed by atoms with E-state index in [0.29, 0.717) is 16.1 Å². The third-order valence-electron chi connectivity index (χ3n) is 4.11. The van der Waals surface area contributed by atoms with E-state index < -0.39 is 15.8 Å². The van der Waals surface area contributed by atoms with Crippen molar-refractivity contribution in [1.29, 1.82) is 0 Å². The molecule has 0 saturated heterocycles. The van der Waals surface area contributed by atoms with Gasteiger partial charge in [-0.1, -0.05) is 23.8 Å². The van der Waals surface area contributed by atoms with Gasteiger partial charge in [-0.3, -0.25) is 4.79 Å². The molecule has 6 nitrogen and oxygen atoms in total. The zero-order valence-corrected chi connectivity index (χ0v) is 18.1. The number of ether oxygens (including phenoxy) is 1. The molecule has 1 heterocycles. The molecule has 0 aliphatic heterocycles. The van der Waals surface area contributed by atoms with Crippen LogP contribution in [-0.4, -0.2) is 38.9 Å². The van der Waals surface area contributed by atoms with E-state index in [2.05, 4.69) is 5.32 Å². The van der Waals surface area contributed by atoms with Crippen molar-refractivity contribution >= 4 is 38.1 Å². The first-order valence-electron chi connectivity index (χ1n) is 8.96. The Kier molecular flexibility index (Phi) is 7.37. The number of anilines is 1. The highest BCUT2D eigenvalue weighted by molar-refractivity contribution is 7.90. The number of esters is 1. The van der Waals surface area contributed by atoms with Crippen LogP contribution in [-0.2, 0) is 19.4 Å². The molecule has 0 radical (unpaired) electrons. The highest BCUT2D eigenvalue weighted by Gasteiger charge is 2.23. The number of carbonyl (C=O) groups excluding carboxylic acids is 2. The van der Waals surface area contributed by atoms with Crippen molar-refractivity contribution in [1.82, 2.24) is 0 Å². The van der Waals surface area contributed by atoms with Crippen molar-refractivity contribution in [2.24, 2.45) is 0 Å². The molecule has 0 saturated carbocycles. The molecule has 1 aromatic heterocycles. The SMILES string of the molecule is CCOC(=O)c1c(-c2ccc(C)cc2C)csc1NC(=O)CCCS(C)(=O)=O. The first kappa shape index (κ1) is 22.1. The van der Waals surface area contributed by atoms with Gasteiger partial charge in [-0.05, 0) is 38.3 Å². The third kappa shape index (κ3) is 5.90. The van der Waals surface area contributed by atoms with Crippen LogP contribution in [0.25, 0.3) is 11.1 Å². The Hall–Kier alpha value is -2.19. The fraction of sp³-hybridized carbons (Fsp3) is 0.400. The van der Waals surface area contributed by atoms with Crippen molar-refractivity contribution in [2.75, 3.05) is 23.9 Å². The summed E-state index contributed by atoms with van der Waals surface area (Å²) < 4.78 is 27.6. The normalized spacial score (nSPS) is 11.3. The second kappa shape index (κ2) is 9.34. The van der Waals surface area contributed by atoms with E-state index in [4.69, 9.17) is 4.74 Å². The minimum Gasteiger partial charge on any atom is -0.462 e. The molecule has 0 atom stereocenters. The molecule has 0 bridgehead atoms. The van der Waals surface area contributed by atoms with E-state index in [1.54, 1.807) is 6.92 Å². The fourth-order valence-corrected chi connectivity index (χ4v) is 4.49. The van der Waals surface area contributed by atoms with Gasteiger partial charge in [0.1, 0.15) is 20.4 Å². The van der Waals surface area contributed by atoms with Gasteiger partial charge in [0.2, 0.25) is 5.91 Å². The standard InChI is InChI=1S/C20H25NO5S2/c1-5-26-20(23)18-16(15-9-8-13(2)11-14(15)3)12-27-19(18)21-17(22)7-6-10-28(4,24)25/h8-9,11-12H,5-7,10H2,1-4H3,(H,21,22). The number of nitrogens with one attached hydrogen (secondary N) is 1. The lowest BCUT2D eigenvalue weighted by molar-refractivity contribution is -0.116. The largest absolute Gasteiger partial charge is 0.462 e. The molecule has 8 heteroatoms. The Morgan fingerprint density at radius 1 is 1.18 bits per heavy atom. The van der Waals surface area contributed by atoms with E-state index in [9.17, 15) is 18.0 Å². The van der Waals surface area contributed by atoms with Gasteiger partial charge < -0.3 is 10.1 Å². The molecule has 0 aliphatic carbocycles. The van der Waals surface area contributed by atoms with Crippen LogP contribution < -0.4 is 5.32 Å². The summed E-state index contributed by atoms with van der Waals surface area (Å²) in [7, 11) is -3.11. The Morgan fingerprint density at radius 3 is 2.50 bits per heavy atom. The number of thiophene rings is 1. The molecule has 1 N–H and O–H groups in total. The highest BCUT2D eigenvalue weighted by Crippen LogP contribution is 2.38. The summed E-state index contributed by atoms with van der Waals surface area (Å²) in [6.07, 6.45) is 1.43. The first-order valence-corrected chi connectivity index (χ1v) is 11.9. The quantitative estimate of drug-likeness (QED) is 0.649. The van der Waals surface area contributed by atoms with Gasteiger partial charge in [-0.2, -0.15) is 0 Å². The molecule has 0 unspecified atom stereocenters. The Balaban J connectivity index is 2.31. The summed E-state index contributed by atoms with van der Waals surface area (Å²) in [5, 5.41) is 4.99. The summed E-state index contributed by atoms with van der Waals surface area (Å²) in [6, 6.07) is 5.96. The van der Waals surface area contributed by atoms with Crippen molar-refractivity contribution < 1.29 is 22.7 Å². The van der Waals surface area contributed by atoms with E-state index in [0.717, 1.165) is 22.9 Å². The number of amides is 1. The highest BCUT2D eigenvalue weighted by atomic mass is 32.2. The smallest absolute Gasteiger partial charge is 0.341 e. The average molecular weight is 424 g/mol. The summed E-state index contributed by atoms with van der Waals surface area (Å²) in [4.78, 5) is 24.8. The maximum absolute atomic E-state index is 12.6. The molecule has 0 aliphatic rings. The number of rotatable bonds is 8. The average Bonchev–Trinajstić information content (AvgIpc) is 2.97. The molecular weight excluding hydrogens is 398 g/mol. The van der Waals surface area contributed by atoms with E-state index >= 15 is 0 Å².